The highest BCUT2D eigenvalue weighted by molar-refractivity contribution is 5.31. The minimum Gasteiger partial charge on any atom is -0.494 e. The van der Waals surface area contributed by atoms with Crippen LogP contribution in [0, 0.1) is 5.92 Å². The molecule has 0 aliphatic heterocycles. The van der Waals surface area contributed by atoms with Crippen molar-refractivity contribution >= 4 is 0 Å². The van der Waals surface area contributed by atoms with Crippen molar-refractivity contribution in [2.75, 3.05) is 13.2 Å². The van der Waals surface area contributed by atoms with E-state index in [0.717, 1.165) is 42.9 Å². The van der Waals surface area contributed by atoms with Gasteiger partial charge in [0.1, 0.15) is 11.9 Å². The Morgan fingerprint density at radius 3 is 2.57 bits per heavy atom. The maximum Gasteiger partial charge on any atom is 0.119 e. The maximum atomic E-state index is 10.9. The molecule has 0 aromatic heterocycles. The summed E-state index contributed by atoms with van der Waals surface area (Å²) >= 11 is 0. The SMILES string of the molecule is CCOc1cccc(C(O)C2(OCC)CCC(C)CC2)c1. The molecule has 1 N–H and O–H groups in total. The molecule has 1 aliphatic carbocycles. The van der Waals surface area contributed by atoms with E-state index in [-0.39, 0.29) is 0 Å². The van der Waals surface area contributed by atoms with Gasteiger partial charge in [0.25, 0.3) is 0 Å². The summed E-state index contributed by atoms with van der Waals surface area (Å²) in [4.78, 5) is 0. The number of rotatable bonds is 6. The third-order valence-electron chi connectivity index (χ3n) is 4.54. The molecule has 1 aliphatic rings. The highest BCUT2D eigenvalue weighted by Gasteiger charge is 2.42. The Balaban J connectivity index is 2.21. The first-order valence-electron chi connectivity index (χ1n) is 8.16. The van der Waals surface area contributed by atoms with Gasteiger partial charge in [0, 0.05) is 6.61 Å². The van der Waals surface area contributed by atoms with Crippen LogP contribution in [0.5, 0.6) is 5.75 Å². The van der Waals surface area contributed by atoms with Gasteiger partial charge in [0.05, 0.1) is 12.2 Å². The Kier molecular flexibility index (Phi) is 5.65. The van der Waals surface area contributed by atoms with Gasteiger partial charge < -0.3 is 14.6 Å². The molecule has 0 saturated heterocycles. The van der Waals surface area contributed by atoms with Gasteiger partial charge in [0.2, 0.25) is 0 Å². The van der Waals surface area contributed by atoms with Gasteiger partial charge in [-0.05, 0) is 63.1 Å². The van der Waals surface area contributed by atoms with Crippen LogP contribution in [0.15, 0.2) is 24.3 Å². The van der Waals surface area contributed by atoms with Crippen LogP contribution in [0.25, 0.3) is 0 Å². The zero-order valence-electron chi connectivity index (χ0n) is 13.5. The van der Waals surface area contributed by atoms with Gasteiger partial charge in [-0.15, -0.1) is 0 Å². The summed E-state index contributed by atoms with van der Waals surface area (Å²) in [6.45, 7) is 7.51. The summed E-state index contributed by atoms with van der Waals surface area (Å²) in [5.41, 5.74) is 0.454. The van der Waals surface area contributed by atoms with Gasteiger partial charge in [-0.2, -0.15) is 0 Å². The molecule has 0 amide bonds. The van der Waals surface area contributed by atoms with Crippen molar-refractivity contribution in [2.24, 2.45) is 5.92 Å². The number of aliphatic hydroxyl groups is 1. The minimum atomic E-state index is -0.592. The van der Waals surface area contributed by atoms with Crippen LogP contribution in [-0.4, -0.2) is 23.9 Å². The lowest BCUT2D eigenvalue weighted by Crippen LogP contribution is -2.42. The second-order valence-corrected chi connectivity index (χ2v) is 6.09. The van der Waals surface area contributed by atoms with Crippen LogP contribution in [0.2, 0.25) is 0 Å². The molecule has 1 saturated carbocycles. The van der Waals surface area contributed by atoms with E-state index in [9.17, 15) is 5.11 Å². The fourth-order valence-corrected chi connectivity index (χ4v) is 3.28. The van der Waals surface area contributed by atoms with Gasteiger partial charge in [-0.1, -0.05) is 19.1 Å². The zero-order chi connectivity index (χ0) is 15.3. The molecule has 2 rings (SSSR count). The number of hydrogen-bond donors (Lipinski definition) is 1. The van der Waals surface area contributed by atoms with Crippen molar-refractivity contribution in [1.82, 2.24) is 0 Å². The van der Waals surface area contributed by atoms with Crippen LogP contribution in [-0.2, 0) is 4.74 Å². The molecule has 3 heteroatoms. The summed E-state index contributed by atoms with van der Waals surface area (Å²) in [6.07, 6.45) is 3.47. The molecule has 0 spiro atoms. The second kappa shape index (κ2) is 7.28. The van der Waals surface area contributed by atoms with E-state index in [0.29, 0.717) is 13.2 Å². The topological polar surface area (TPSA) is 38.7 Å². The van der Waals surface area contributed by atoms with E-state index in [2.05, 4.69) is 6.92 Å². The molecule has 118 valence electrons. The Hall–Kier alpha value is -1.06. The zero-order valence-corrected chi connectivity index (χ0v) is 13.5. The van der Waals surface area contributed by atoms with Crippen LogP contribution in [0.3, 0.4) is 0 Å². The Morgan fingerprint density at radius 2 is 1.95 bits per heavy atom. The van der Waals surface area contributed by atoms with Gasteiger partial charge in [-0.3, -0.25) is 0 Å². The predicted molar refractivity (Wildman–Crippen MR) is 84.6 cm³/mol. The Labute approximate surface area is 128 Å². The van der Waals surface area contributed by atoms with Crippen molar-refractivity contribution in [3.63, 3.8) is 0 Å². The highest BCUT2D eigenvalue weighted by Crippen LogP contribution is 2.43. The van der Waals surface area contributed by atoms with E-state index in [1.807, 2.05) is 38.1 Å². The molecule has 0 heterocycles. The molecule has 21 heavy (non-hydrogen) atoms. The first-order valence-corrected chi connectivity index (χ1v) is 8.16. The summed E-state index contributed by atoms with van der Waals surface area (Å²) in [5.74, 6) is 1.53. The lowest BCUT2D eigenvalue weighted by Gasteiger charge is -2.42. The fraction of sp³-hybridized carbons (Fsp3) is 0.667. The van der Waals surface area contributed by atoms with Crippen LogP contribution >= 0.6 is 0 Å². The van der Waals surface area contributed by atoms with E-state index >= 15 is 0 Å². The van der Waals surface area contributed by atoms with E-state index in [4.69, 9.17) is 9.47 Å². The van der Waals surface area contributed by atoms with E-state index in [1.54, 1.807) is 0 Å². The number of ether oxygens (including phenoxy) is 2. The molecular weight excluding hydrogens is 264 g/mol. The third-order valence-corrected chi connectivity index (χ3v) is 4.54. The van der Waals surface area contributed by atoms with Crippen LogP contribution in [0.4, 0.5) is 0 Å². The lowest BCUT2D eigenvalue weighted by molar-refractivity contribution is -0.146. The quantitative estimate of drug-likeness (QED) is 0.857. The van der Waals surface area contributed by atoms with E-state index in [1.165, 1.54) is 0 Å². The average Bonchev–Trinajstić information content (AvgIpc) is 2.50. The molecular formula is C18H28O3. The van der Waals surface area contributed by atoms with Gasteiger partial charge in [0.15, 0.2) is 0 Å². The fourth-order valence-electron chi connectivity index (χ4n) is 3.28. The summed E-state index contributed by atoms with van der Waals surface area (Å²) < 4.78 is 11.6. The van der Waals surface area contributed by atoms with E-state index < -0.39 is 11.7 Å². The Bertz CT molecular complexity index is 436. The first-order chi connectivity index (χ1) is 10.1. The van der Waals surface area contributed by atoms with Crippen molar-refractivity contribution in [3.8, 4) is 5.75 Å². The molecule has 1 unspecified atom stereocenters. The first kappa shape index (κ1) is 16.3. The van der Waals surface area contributed by atoms with Crippen molar-refractivity contribution in [2.45, 2.75) is 58.2 Å². The monoisotopic (exact) mass is 292 g/mol. The maximum absolute atomic E-state index is 10.9. The normalized spacial score (nSPS) is 27.3. The van der Waals surface area contributed by atoms with Crippen molar-refractivity contribution < 1.29 is 14.6 Å². The summed E-state index contributed by atoms with van der Waals surface area (Å²) in [7, 11) is 0. The number of aliphatic hydroxyl groups excluding tert-OH is 1. The molecule has 1 atom stereocenters. The van der Waals surface area contributed by atoms with Gasteiger partial charge >= 0.3 is 0 Å². The number of hydrogen-bond acceptors (Lipinski definition) is 3. The molecule has 0 radical (unpaired) electrons. The standard InChI is InChI=1S/C18H28O3/c1-4-20-16-8-6-7-15(13-16)17(19)18(21-5-2)11-9-14(3)10-12-18/h6-8,13-14,17,19H,4-5,9-12H2,1-3H3. The third kappa shape index (κ3) is 3.78. The summed E-state index contributed by atoms with van der Waals surface area (Å²) in [5, 5.41) is 10.9. The molecule has 0 bridgehead atoms. The van der Waals surface area contributed by atoms with Crippen LogP contribution < -0.4 is 4.74 Å². The molecule has 1 aromatic carbocycles. The number of benzene rings is 1. The van der Waals surface area contributed by atoms with Crippen molar-refractivity contribution in [1.29, 1.82) is 0 Å². The van der Waals surface area contributed by atoms with Crippen LogP contribution in [0.1, 0.15) is 58.1 Å². The van der Waals surface area contributed by atoms with Crippen molar-refractivity contribution in [3.05, 3.63) is 29.8 Å². The highest BCUT2D eigenvalue weighted by atomic mass is 16.5. The molecule has 3 nitrogen and oxygen atoms in total. The largest absolute Gasteiger partial charge is 0.494 e. The average molecular weight is 292 g/mol. The minimum absolute atomic E-state index is 0.438. The second-order valence-electron chi connectivity index (χ2n) is 6.09. The summed E-state index contributed by atoms with van der Waals surface area (Å²) in [6, 6.07) is 7.77. The van der Waals surface area contributed by atoms with Gasteiger partial charge in [-0.25, -0.2) is 0 Å². The molecule has 1 fully saturated rings. The Morgan fingerprint density at radius 1 is 1.24 bits per heavy atom. The lowest BCUT2D eigenvalue weighted by atomic mass is 9.74. The predicted octanol–water partition coefficient (Wildman–Crippen LogP) is 4.10. The molecule has 1 aromatic rings. The smallest absolute Gasteiger partial charge is 0.119 e.